The third kappa shape index (κ3) is 3.57. The summed E-state index contributed by atoms with van der Waals surface area (Å²) >= 11 is -1.89. The molecule has 160 valence electrons. The first-order valence-electron chi connectivity index (χ1n) is 11.2. The molecular formula is C29H29GeNO. The van der Waals surface area contributed by atoms with E-state index in [1.807, 2.05) is 0 Å². The van der Waals surface area contributed by atoms with Crippen LogP contribution in [0.2, 0.25) is 17.3 Å². The zero-order valence-electron chi connectivity index (χ0n) is 19.4. The van der Waals surface area contributed by atoms with Crippen LogP contribution in [0.5, 0.6) is 0 Å². The van der Waals surface area contributed by atoms with Crippen LogP contribution in [0, 0.1) is 0 Å². The molecule has 0 fully saturated rings. The second kappa shape index (κ2) is 7.63. The van der Waals surface area contributed by atoms with Crippen LogP contribution in [0.15, 0.2) is 89.5 Å². The Balaban J connectivity index is 1.63. The first kappa shape index (κ1) is 21.0. The van der Waals surface area contributed by atoms with E-state index in [1.165, 1.54) is 15.5 Å². The predicted molar refractivity (Wildman–Crippen MR) is 139 cm³/mol. The molecular weight excluding hydrogens is 451 g/mol. The molecule has 3 aromatic carbocycles. The fourth-order valence-electron chi connectivity index (χ4n) is 4.41. The van der Waals surface area contributed by atoms with Crippen molar-refractivity contribution in [3.8, 4) is 11.3 Å². The van der Waals surface area contributed by atoms with E-state index >= 15 is 0 Å². The summed E-state index contributed by atoms with van der Waals surface area (Å²) in [4.78, 5) is 4.82. The van der Waals surface area contributed by atoms with E-state index in [9.17, 15) is 0 Å². The molecule has 0 N–H and O–H groups in total. The van der Waals surface area contributed by atoms with E-state index in [0.717, 1.165) is 33.2 Å². The molecule has 32 heavy (non-hydrogen) atoms. The van der Waals surface area contributed by atoms with E-state index < -0.39 is 13.3 Å². The van der Waals surface area contributed by atoms with Crippen LogP contribution in [0.4, 0.5) is 0 Å². The zero-order chi connectivity index (χ0) is 22.5. The fraction of sp³-hybridized carbons (Fsp3) is 0.207. The standard InChI is InChI=1S/C29H29GeNO/c1-29(2,20-10-7-6-8-11-20)21-14-16-23-24-12-9-13-25(28(24)32-27(23)18-21)26-17-15-22(19-31-26)30(3,4)5/h6-19H,1-5H3. The average molecular weight is 480 g/mol. The van der Waals surface area contributed by atoms with Gasteiger partial charge in [-0.2, -0.15) is 0 Å². The number of fused-ring (bicyclic) bond motifs is 3. The zero-order valence-corrected chi connectivity index (χ0v) is 21.5. The Morgan fingerprint density at radius 3 is 2.22 bits per heavy atom. The van der Waals surface area contributed by atoms with Crippen molar-refractivity contribution in [2.75, 3.05) is 0 Å². The first-order valence-corrected chi connectivity index (χ1v) is 18.6. The molecule has 0 aliphatic carbocycles. The van der Waals surface area contributed by atoms with Gasteiger partial charge < -0.3 is 0 Å². The average Bonchev–Trinajstić information content (AvgIpc) is 3.17. The third-order valence-electron chi connectivity index (χ3n) is 6.62. The molecule has 2 heterocycles. The second-order valence-electron chi connectivity index (χ2n) is 10.2. The van der Waals surface area contributed by atoms with E-state index in [-0.39, 0.29) is 5.41 Å². The molecule has 0 saturated carbocycles. The Morgan fingerprint density at radius 2 is 1.53 bits per heavy atom. The molecule has 0 unspecified atom stereocenters. The van der Waals surface area contributed by atoms with Gasteiger partial charge in [0.2, 0.25) is 0 Å². The number of furan rings is 1. The maximum atomic E-state index is 6.48. The van der Waals surface area contributed by atoms with Gasteiger partial charge in [0.1, 0.15) is 0 Å². The molecule has 2 nitrogen and oxygen atoms in total. The molecule has 2 aromatic heterocycles. The van der Waals surface area contributed by atoms with Gasteiger partial charge >= 0.3 is 163 Å². The Bertz CT molecular complexity index is 1410. The normalized spacial score (nSPS) is 12.5. The van der Waals surface area contributed by atoms with Crippen molar-refractivity contribution in [1.29, 1.82) is 0 Å². The molecule has 0 spiro atoms. The second-order valence-corrected chi connectivity index (χ2v) is 20.8. The van der Waals surface area contributed by atoms with Gasteiger partial charge in [0.05, 0.1) is 0 Å². The van der Waals surface area contributed by atoms with Crippen molar-refractivity contribution in [2.45, 2.75) is 36.5 Å². The molecule has 0 aliphatic heterocycles. The molecule has 0 saturated heterocycles. The van der Waals surface area contributed by atoms with Crippen LogP contribution < -0.4 is 4.40 Å². The van der Waals surface area contributed by atoms with Crippen LogP contribution in [0.1, 0.15) is 25.0 Å². The molecule has 0 radical (unpaired) electrons. The van der Waals surface area contributed by atoms with Gasteiger partial charge in [0, 0.05) is 0 Å². The monoisotopic (exact) mass is 481 g/mol. The fourth-order valence-corrected chi connectivity index (χ4v) is 6.58. The number of pyridine rings is 1. The van der Waals surface area contributed by atoms with Crippen LogP contribution in [-0.2, 0) is 5.41 Å². The quantitative estimate of drug-likeness (QED) is 0.249. The van der Waals surface area contributed by atoms with Gasteiger partial charge in [-0.25, -0.2) is 0 Å². The first-order chi connectivity index (χ1) is 15.2. The maximum absolute atomic E-state index is 6.48. The van der Waals surface area contributed by atoms with Crippen LogP contribution in [0.25, 0.3) is 33.2 Å². The van der Waals surface area contributed by atoms with E-state index in [4.69, 9.17) is 9.40 Å². The van der Waals surface area contributed by atoms with Gasteiger partial charge in [-0.1, -0.05) is 30.3 Å². The number of hydrogen-bond donors (Lipinski definition) is 0. The molecule has 0 amide bonds. The molecule has 0 bridgehead atoms. The van der Waals surface area contributed by atoms with Gasteiger partial charge in [-0.05, 0) is 0 Å². The van der Waals surface area contributed by atoms with Crippen molar-refractivity contribution in [1.82, 2.24) is 4.98 Å². The van der Waals surface area contributed by atoms with Gasteiger partial charge in [0.25, 0.3) is 0 Å². The minimum atomic E-state index is -1.89. The third-order valence-corrected chi connectivity index (χ3v) is 10.9. The summed E-state index contributed by atoms with van der Waals surface area (Å²) in [5, 5.41) is 2.29. The van der Waals surface area contributed by atoms with E-state index in [2.05, 4.69) is 116 Å². The van der Waals surface area contributed by atoms with Crippen LogP contribution in [-0.4, -0.2) is 18.3 Å². The number of para-hydroxylation sites is 1. The van der Waals surface area contributed by atoms with Gasteiger partial charge in [0.15, 0.2) is 0 Å². The number of nitrogens with zero attached hydrogens (tertiary/aromatic N) is 1. The van der Waals surface area contributed by atoms with Crippen molar-refractivity contribution >= 4 is 39.6 Å². The SMILES string of the molecule is CC(C)(c1ccccc1)c1ccc2c(c1)oc1c(-c3cc[c]([Ge]([CH3])([CH3])[CH3])cn3)cccc12. The Hall–Kier alpha value is -2.85. The van der Waals surface area contributed by atoms with Crippen LogP contribution in [0.3, 0.4) is 0 Å². The molecule has 0 aliphatic rings. The number of hydrogen-bond acceptors (Lipinski definition) is 2. The molecule has 3 heteroatoms. The van der Waals surface area contributed by atoms with E-state index in [0.29, 0.717) is 0 Å². The van der Waals surface area contributed by atoms with Gasteiger partial charge in [-0.3, -0.25) is 0 Å². The van der Waals surface area contributed by atoms with Crippen molar-refractivity contribution in [3.63, 3.8) is 0 Å². The molecule has 0 atom stereocenters. The van der Waals surface area contributed by atoms with Crippen molar-refractivity contribution < 1.29 is 4.42 Å². The summed E-state index contributed by atoms with van der Waals surface area (Å²) in [5.74, 6) is 7.18. The summed E-state index contributed by atoms with van der Waals surface area (Å²) in [7, 11) is 0. The van der Waals surface area contributed by atoms with E-state index in [1.54, 1.807) is 0 Å². The minimum absolute atomic E-state index is 0.104. The summed E-state index contributed by atoms with van der Waals surface area (Å²) in [5.41, 5.74) is 6.29. The molecule has 5 rings (SSSR count). The Kier molecular flexibility index (Phi) is 5.01. The summed E-state index contributed by atoms with van der Waals surface area (Å²) in [6.45, 7) is 4.53. The Morgan fingerprint density at radius 1 is 0.750 bits per heavy atom. The van der Waals surface area contributed by atoms with Gasteiger partial charge in [-0.15, -0.1) is 0 Å². The van der Waals surface area contributed by atoms with Crippen molar-refractivity contribution in [2.24, 2.45) is 0 Å². The summed E-state index contributed by atoms with van der Waals surface area (Å²) in [6, 6.07) is 28.1. The number of aromatic nitrogens is 1. The number of benzene rings is 3. The van der Waals surface area contributed by atoms with Crippen molar-refractivity contribution in [3.05, 3.63) is 96.2 Å². The molecule has 5 aromatic rings. The Labute approximate surface area is 192 Å². The predicted octanol–water partition coefficient (Wildman–Crippen LogP) is 7.52. The topological polar surface area (TPSA) is 26.0 Å². The van der Waals surface area contributed by atoms with Crippen LogP contribution >= 0.6 is 0 Å². The number of rotatable bonds is 4. The summed E-state index contributed by atoms with van der Waals surface area (Å²) in [6.07, 6.45) is 2.07. The summed E-state index contributed by atoms with van der Waals surface area (Å²) < 4.78 is 7.89.